The maximum Gasteiger partial charge on any atom is 0.240 e. The summed E-state index contributed by atoms with van der Waals surface area (Å²) in [6.45, 7) is 0.142. The van der Waals surface area contributed by atoms with Gasteiger partial charge in [0.15, 0.2) is 11.5 Å². The van der Waals surface area contributed by atoms with Gasteiger partial charge in [0.1, 0.15) is 0 Å². The topological polar surface area (TPSA) is 47.9 Å². The van der Waals surface area contributed by atoms with E-state index in [2.05, 4.69) is 4.99 Å². The first-order valence-corrected chi connectivity index (χ1v) is 3.86. The van der Waals surface area contributed by atoms with Crippen molar-refractivity contribution < 1.29 is 14.3 Å². The number of fused-ring (bicyclic) bond motifs is 1. The number of ether oxygens (including phenoxy) is 2. The molecule has 0 N–H and O–H groups in total. The van der Waals surface area contributed by atoms with Gasteiger partial charge in [0.05, 0.1) is 10.7 Å². The molecule has 0 aromatic heterocycles. The SMILES string of the molecule is O=C=Nc1cc(Cl)c2c(c1)OCO2. The first kappa shape index (κ1) is 8.10. The number of benzene rings is 1. The summed E-state index contributed by atoms with van der Waals surface area (Å²) in [6.07, 6.45) is 1.42. The molecule has 0 atom stereocenters. The highest BCUT2D eigenvalue weighted by Crippen LogP contribution is 2.41. The zero-order chi connectivity index (χ0) is 9.26. The summed E-state index contributed by atoms with van der Waals surface area (Å²) in [7, 11) is 0. The fourth-order valence-corrected chi connectivity index (χ4v) is 1.33. The third kappa shape index (κ3) is 1.37. The Morgan fingerprint density at radius 2 is 2.31 bits per heavy atom. The van der Waals surface area contributed by atoms with Crippen LogP contribution in [0.4, 0.5) is 5.69 Å². The standard InChI is InChI=1S/C8H4ClNO3/c9-6-1-5(10-3-11)2-7-8(6)13-4-12-7/h1-2H,4H2. The maximum absolute atomic E-state index is 9.98. The molecule has 13 heavy (non-hydrogen) atoms. The summed E-state index contributed by atoms with van der Waals surface area (Å²) < 4.78 is 10.1. The Labute approximate surface area is 78.7 Å². The molecule has 0 amide bonds. The van der Waals surface area contributed by atoms with E-state index in [1.165, 1.54) is 12.1 Å². The minimum absolute atomic E-state index is 0.142. The van der Waals surface area contributed by atoms with Gasteiger partial charge >= 0.3 is 0 Å². The van der Waals surface area contributed by atoms with E-state index in [9.17, 15) is 4.79 Å². The highest BCUT2D eigenvalue weighted by molar-refractivity contribution is 6.32. The fraction of sp³-hybridized carbons (Fsp3) is 0.125. The zero-order valence-electron chi connectivity index (χ0n) is 6.41. The van der Waals surface area contributed by atoms with Crippen molar-refractivity contribution in [3.05, 3.63) is 17.2 Å². The van der Waals surface area contributed by atoms with Crippen LogP contribution in [0.25, 0.3) is 0 Å². The number of hydrogen-bond acceptors (Lipinski definition) is 4. The summed E-state index contributed by atoms with van der Waals surface area (Å²) in [5.74, 6) is 0.994. The van der Waals surface area contributed by atoms with Crippen molar-refractivity contribution in [2.75, 3.05) is 6.79 Å². The third-order valence-corrected chi connectivity index (χ3v) is 1.87. The lowest BCUT2D eigenvalue weighted by molar-refractivity contribution is 0.174. The molecule has 0 radical (unpaired) electrons. The predicted molar refractivity (Wildman–Crippen MR) is 45.4 cm³/mol. The van der Waals surface area contributed by atoms with E-state index in [0.717, 1.165) is 0 Å². The molecular weight excluding hydrogens is 194 g/mol. The van der Waals surface area contributed by atoms with E-state index >= 15 is 0 Å². The molecule has 0 saturated heterocycles. The molecule has 1 aliphatic heterocycles. The van der Waals surface area contributed by atoms with Crippen LogP contribution in [0.15, 0.2) is 17.1 Å². The Morgan fingerprint density at radius 1 is 1.46 bits per heavy atom. The molecule has 4 nitrogen and oxygen atoms in total. The van der Waals surface area contributed by atoms with Crippen LogP contribution in [0.5, 0.6) is 11.5 Å². The number of rotatable bonds is 1. The molecule has 1 aromatic rings. The van der Waals surface area contributed by atoms with Gasteiger partial charge in [-0.1, -0.05) is 11.6 Å². The van der Waals surface area contributed by atoms with Crippen LogP contribution in [-0.2, 0) is 4.79 Å². The van der Waals surface area contributed by atoms with Gasteiger partial charge in [0.25, 0.3) is 0 Å². The number of nitrogens with zero attached hydrogens (tertiary/aromatic N) is 1. The van der Waals surface area contributed by atoms with E-state index in [1.807, 2.05) is 0 Å². The summed E-state index contributed by atoms with van der Waals surface area (Å²) in [5, 5.41) is 0.379. The fourth-order valence-electron chi connectivity index (χ4n) is 1.07. The molecule has 0 bridgehead atoms. The average molecular weight is 198 g/mol. The quantitative estimate of drug-likeness (QED) is 0.511. The van der Waals surface area contributed by atoms with Crippen LogP contribution in [0.2, 0.25) is 5.02 Å². The highest BCUT2D eigenvalue weighted by atomic mass is 35.5. The monoisotopic (exact) mass is 197 g/mol. The van der Waals surface area contributed by atoms with Gasteiger partial charge in [-0.2, -0.15) is 4.99 Å². The number of hydrogen-bond donors (Lipinski definition) is 0. The molecule has 0 spiro atoms. The Morgan fingerprint density at radius 3 is 3.08 bits per heavy atom. The molecule has 5 heteroatoms. The van der Waals surface area contributed by atoms with Crippen molar-refractivity contribution in [2.45, 2.75) is 0 Å². The lowest BCUT2D eigenvalue weighted by atomic mass is 10.3. The lowest BCUT2D eigenvalue weighted by Gasteiger charge is -1.98. The van der Waals surface area contributed by atoms with Crippen LogP contribution >= 0.6 is 11.6 Å². The predicted octanol–water partition coefficient (Wildman–Crippen LogP) is 2.04. The molecule has 1 aliphatic rings. The minimum Gasteiger partial charge on any atom is -0.453 e. The van der Waals surface area contributed by atoms with Gasteiger partial charge in [-0.05, 0) is 6.07 Å². The van der Waals surface area contributed by atoms with Crippen LogP contribution in [-0.4, -0.2) is 12.9 Å². The molecule has 1 heterocycles. The lowest BCUT2D eigenvalue weighted by Crippen LogP contribution is -1.93. The molecular formula is C8H4ClNO3. The average Bonchev–Trinajstić information content (AvgIpc) is 2.53. The van der Waals surface area contributed by atoms with Gasteiger partial charge in [-0.15, -0.1) is 0 Å². The second kappa shape index (κ2) is 3.09. The molecule has 2 rings (SSSR count). The third-order valence-electron chi connectivity index (χ3n) is 1.59. The molecule has 0 aliphatic carbocycles. The smallest absolute Gasteiger partial charge is 0.240 e. The number of isocyanates is 1. The van der Waals surface area contributed by atoms with E-state index in [4.69, 9.17) is 21.1 Å². The van der Waals surface area contributed by atoms with Crippen molar-refractivity contribution in [2.24, 2.45) is 4.99 Å². The van der Waals surface area contributed by atoms with Gasteiger partial charge in [0, 0.05) is 6.07 Å². The largest absolute Gasteiger partial charge is 0.453 e. The van der Waals surface area contributed by atoms with Gasteiger partial charge < -0.3 is 9.47 Å². The van der Waals surface area contributed by atoms with Crippen LogP contribution in [0.3, 0.4) is 0 Å². The van der Waals surface area contributed by atoms with Crippen molar-refractivity contribution in [3.8, 4) is 11.5 Å². The minimum atomic E-state index is 0.142. The van der Waals surface area contributed by atoms with Crippen molar-refractivity contribution in [1.29, 1.82) is 0 Å². The summed E-state index contributed by atoms with van der Waals surface area (Å²) in [5.41, 5.74) is 0.407. The summed E-state index contributed by atoms with van der Waals surface area (Å²) >= 11 is 5.82. The van der Waals surface area contributed by atoms with E-state index in [1.54, 1.807) is 6.07 Å². The summed E-state index contributed by atoms with van der Waals surface area (Å²) in [4.78, 5) is 13.4. The molecule has 0 unspecified atom stereocenters. The van der Waals surface area contributed by atoms with Crippen LogP contribution in [0.1, 0.15) is 0 Å². The van der Waals surface area contributed by atoms with Gasteiger partial charge in [-0.25, -0.2) is 4.79 Å². The Balaban J connectivity index is 2.55. The van der Waals surface area contributed by atoms with Crippen molar-refractivity contribution >= 4 is 23.4 Å². The molecule has 0 saturated carbocycles. The molecule has 0 fully saturated rings. The highest BCUT2D eigenvalue weighted by Gasteiger charge is 2.17. The van der Waals surface area contributed by atoms with E-state index in [-0.39, 0.29) is 6.79 Å². The molecule has 66 valence electrons. The van der Waals surface area contributed by atoms with E-state index in [0.29, 0.717) is 22.2 Å². The Bertz CT molecular complexity index is 399. The van der Waals surface area contributed by atoms with Crippen molar-refractivity contribution in [1.82, 2.24) is 0 Å². The Hall–Kier alpha value is -1.51. The normalized spacial score (nSPS) is 12.4. The number of aliphatic imine (C=N–C) groups is 1. The maximum atomic E-state index is 9.98. The Kier molecular flexibility index (Phi) is 1.93. The number of carbonyl (C=O) groups excluding carboxylic acids is 1. The van der Waals surface area contributed by atoms with Crippen molar-refractivity contribution in [3.63, 3.8) is 0 Å². The summed E-state index contributed by atoms with van der Waals surface area (Å²) in [6, 6.07) is 3.08. The van der Waals surface area contributed by atoms with Gasteiger partial charge in [0.2, 0.25) is 12.9 Å². The second-order valence-electron chi connectivity index (χ2n) is 2.36. The van der Waals surface area contributed by atoms with Crippen LogP contribution < -0.4 is 9.47 Å². The van der Waals surface area contributed by atoms with Crippen LogP contribution in [0, 0.1) is 0 Å². The van der Waals surface area contributed by atoms with Gasteiger partial charge in [-0.3, -0.25) is 0 Å². The first-order chi connectivity index (χ1) is 6.31. The zero-order valence-corrected chi connectivity index (χ0v) is 7.17. The molecule has 1 aromatic carbocycles. The first-order valence-electron chi connectivity index (χ1n) is 3.48. The second-order valence-corrected chi connectivity index (χ2v) is 2.77. The van der Waals surface area contributed by atoms with E-state index < -0.39 is 0 Å². The number of halogens is 1.